The van der Waals surface area contributed by atoms with E-state index in [1.807, 2.05) is 7.11 Å². The Labute approximate surface area is 117 Å². The van der Waals surface area contributed by atoms with Crippen molar-refractivity contribution in [1.82, 2.24) is 0 Å². The summed E-state index contributed by atoms with van der Waals surface area (Å²) in [5.41, 5.74) is 8.96. The van der Waals surface area contributed by atoms with Crippen LogP contribution in [0.5, 0.6) is 0 Å². The molecule has 2 N–H and O–H groups in total. The molecule has 1 aliphatic rings. The van der Waals surface area contributed by atoms with E-state index in [1.165, 1.54) is 24.0 Å². The molecule has 2 nitrogen and oxygen atoms in total. The van der Waals surface area contributed by atoms with Crippen LogP contribution in [0.1, 0.15) is 56.7 Å². The molecule has 1 saturated carbocycles. The van der Waals surface area contributed by atoms with Crippen molar-refractivity contribution in [2.75, 3.05) is 7.11 Å². The number of rotatable bonds is 4. The molecule has 19 heavy (non-hydrogen) atoms. The Balaban J connectivity index is 2.22. The predicted octanol–water partition coefficient (Wildman–Crippen LogP) is 3.84. The first-order valence-corrected chi connectivity index (χ1v) is 7.51. The van der Waals surface area contributed by atoms with Crippen LogP contribution in [0, 0.1) is 5.92 Å². The summed E-state index contributed by atoms with van der Waals surface area (Å²) < 4.78 is 5.89. The van der Waals surface area contributed by atoms with E-state index in [4.69, 9.17) is 10.5 Å². The summed E-state index contributed by atoms with van der Waals surface area (Å²) in [5, 5.41) is 0. The van der Waals surface area contributed by atoms with Gasteiger partial charge in [0.1, 0.15) is 0 Å². The zero-order valence-corrected chi connectivity index (χ0v) is 12.5. The number of hydrogen-bond acceptors (Lipinski definition) is 2. The lowest BCUT2D eigenvalue weighted by molar-refractivity contribution is -0.0672. The van der Waals surface area contributed by atoms with Gasteiger partial charge in [-0.2, -0.15) is 0 Å². The second kappa shape index (κ2) is 6.06. The molecule has 1 aromatic rings. The van der Waals surface area contributed by atoms with Crippen molar-refractivity contribution in [2.45, 2.75) is 57.6 Å². The molecule has 1 atom stereocenters. The smallest absolute Gasteiger partial charge is 0.0870 e. The fourth-order valence-corrected chi connectivity index (χ4v) is 3.20. The molecule has 0 bridgehead atoms. The van der Waals surface area contributed by atoms with Crippen LogP contribution in [0.15, 0.2) is 24.3 Å². The molecule has 0 radical (unpaired) electrons. The minimum absolute atomic E-state index is 0.0171. The van der Waals surface area contributed by atoms with Gasteiger partial charge >= 0.3 is 0 Å². The first kappa shape index (κ1) is 14.5. The van der Waals surface area contributed by atoms with Crippen molar-refractivity contribution in [1.29, 1.82) is 0 Å². The summed E-state index contributed by atoms with van der Waals surface area (Å²) in [4.78, 5) is 0. The van der Waals surface area contributed by atoms with Gasteiger partial charge in [-0.05, 0) is 49.1 Å². The summed E-state index contributed by atoms with van der Waals surface area (Å²) in [6.45, 7) is 4.50. The summed E-state index contributed by atoms with van der Waals surface area (Å²) in [7, 11) is 1.82. The number of ether oxygens (including phenoxy) is 1. The maximum Gasteiger partial charge on any atom is 0.0870 e. The van der Waals surface area contributed by atoms with Crippen LogP contribution in [0.4, 0.5) is 0 Å². The molecule has 2 rings (SSSR count). The second-order valence-electron chi connectivity index (χ2n) is 6.03. The van der Waals surface area contributed by atoms with E-state index in [-0.39, 0.29) is 11.6 Å². The van der Waals surface area contributed by atoms with E-state index in [0.717, 1.165) is 25.2 Å². The van der Waals surface area contributed by atoms with Crippen LogP contribution in [0.2, 0.25) is 0 Å². The normalized spacial score (nSPS) is 29.2. The Morgan fingerprint density at radius 3 is 2.63 bits per heavy atom. The molecule has 1 unspecified atom stereocenters. The molecule has 106 valence electrons. The van der Waals surface area contributed by atoms with Gasteiger partial charge in [-0.3, -0.25) is 0 Å². The standard InChI is InChI=1S/C17H27NO/c1-4-14-6-5-7-15(12-14)16(18)17(19-3)10-8-13(2)9-11-17/h5-7,12-13,16H,4,8-11,18H2,1-3H3. The van der Waals surface area contributed by atoms with Gasteiger partial charge in [-0.1, -0.05) is 38.1 Å². The first-order valence-electron chi connectivity index (χ1n) is 7.51. The van der Waals surface area contributed by atoms with Crippen molar-refractivity contribution in [3.63, 3.8) is 0 Å². The van der Waals surface area contributed by atoms with Crippen LogP contribution < -0.4 is 5.73 Å². The maximum absolute atomic E-state index is 6.56. The number of hydrogen-bond donors (Lipinski definition) is 1. The molecule has 0 amide bonds. The third kappa shape index (κ3) is 3.01. The minimum atomic E-state index is -0.168. The van der Waals surface area contributed by atoms with E-state index in [1.54, 1.807) is 0 Å². The highest BCUT2D eigenvalue weighted by atomic mass is 16.5. The molecule has 0 heterocycles. The maximum atomic E-state index is 6.56. The van der Waals surface area contributed by atoms with Crippen LogP contribution in [-0.4, -0.2) is 12.7 Å². The van der Waals surface area contributed by atoms with Crippen LogP contribution >= 0.6 is 0 Å². The quantitative estimate of drug-likeness (QED) is 0.893. The third-order valence-corrected chi connectivity index (χ3v) is 4.81. The largest absolute Gasteiger partial charge is 0.376 e. The molecule has 1 aromatic carbocycles. The summed E-state index contributed by atoms with van der Waals surface area (Å²) in [5.74, 6) is 0.803. The van der Waals surface area contributed by atoms with Crippen LogP contribution in [0.25, 0.3) is 0 Å². The molecule has 0 saturated heterocycles. The zero-order valence-electron chi connectivity index (χ0n) is 12.5. The van der Waals surface area contributed by atoms with Gasteiger partial charge in [-0.15, -0.1) is 0 Å². The van der Waals surface area contributed by atoms with E-state index in [9.17, 15) is 0 Å². The first-order chi connectivity index (χ1) is 9.11. The molecule has 2 heteroatoms. The van der Waals surface area contributed by atoms with Gasteiger partial charge in [0.15, 0.2) is 0 Å². The van der Waals surface area contributed by atoms with Crippen molar-refractivity contribution in [3.05, 3.63) is 35.4 Å². The minimum Gasteiger partial charge on any atom is -0.376 e. The number of aryl methyl sites for hydroxylation is 1. The van der Waals surface area contributed by atoms with Gasteiger partial charge in [0, 0.05) is 7.11 Å². The third-order valence-electron chi connectivity index (χ3n) is 4.81. The van der Waals surface area contributed by atoms with E-state index in [0.29, 0.717) is 0 Å². The molecular weight excluding hydrogens is 234 g/mol. The Bertz CT molecular complexity index is 407. The van der Waals surface area contributed by atoms with Crippen molar-refractivity contribution in [2.24, 2.45) is 11.7 Å². The second-order valence-corrected chi connectivity index (χ2v) is 6.03. The van der Waals surface area contributed by atoms with E-state index < -0.39 is 0 Å². The highest BCUT2D eigenvalue weighted by Crippen LogP contribution is 2.41. The summed E-state index contributed by atoms with van der Waals surface area (Å²) >= 11 is 0. The highest BCUT2D eigenvalue weighted by Gasteiger charge is 2.40. The summed E-state index contributed by atoms with van der Waals surface area (Å²) in [6, 6.07) is 8.64. The average molecular weight is 261 g/mol. The topological polar surface area (TPSA) is 35.2 Å². The van der Waals surface area contributed by atoms with Crippen molar-refractivity contribution in [3.8, 4) is 0 Å². The summed E-state index contributed by atoms with van der Waals surface area (Å²) in [6.07, 6.45) is 5.63. The lowest BCUT2D eigenvalue weighted by atomic mass is 9.73. The molecule has 1 aliphatic carbocycles. The fraction of sp³-hybridized carbons (Fsp3) is 0.647. The molecule has 0 aromatic heterocycles. The van der Waals surface area contributed by atoms with Crippen molar-refractivity contribution >= 4 is 0 Å². The zero-order chi connectivity index (χ0) is 13.9. The van der Waals surface area contributed by atoms with Crippen LogP contribution in [-0.2, 0) is 11.2 Å². The molecule has 0 spiro atoms. The monoisotopic (exact) mass is 261 g/mol. The van der Waals surface area contributed by atoms with Gasteiger partial charge in [-0.25, -0.2) is 0 Å². The van der Waals surface area contributed by atoms with Gasteiger partial charge in [0.25, 0.3) is 0 Å². The molecular formula is C17H27NO. The Kier molecular flexibility index (Phi) is 4.64. The molecule has 1 fully saturated rings. The number of nitrogens with two attached hydrogens (primary N) is 1. The Morgan fingerprint density at radius 2 is 2.05 bits per heavy atom. The number of benzene rings is 1. The SMILES string of the molecule is CCc1cccc(C(N)C2(OC)CCC(C)CC2)c1. The average Bonchev–Trinajstić information content (AvgIpc) is 2.48. The van der Waals surface area contributed by atoms with E-state index >= 15 is 0 Å². The van der Waals surface area contributed by atoms with Gasteiger partial charge in [0.05, 0.1) is 11.6 Å². The van der Waals surface area contributed by atoms with Gasteiger partial charge < -0.3 is 10.5 Å². The van der Waals surface area contributed by atoms with Crippen LogP contribution in [0.3, 0.4) is 0 Å². The van der Waals surface area contributed by atoms with Gasteiger partial charge in [0.2, 0.25) is 0 Å². The Hall–Kier alpha value is -0.860. The molecule has 0 aliphatic heterocycles. The predicted molar refractivity (Wildman–Crippen MR) is 80.1 cm³/mol. The lowest BCUT2D eigenvalue weighted by Crippen LogP contribution is -2.45. The fourth-order valence-electron chi connectivity index (χ4n) is 3.20. The Morgan fingerprint density at radius 1 is 1.37 bits per heavy atom. The highest BCUT2D eigenvalue weighted by molar-refractivity contribution is 5.28. The number of methoxy groups -OCH3 is 1. The van der Waals surface area contributed by atoms with Crippen molar-refractivity contribution < 1.29 is 4.74 Å². The lowest BCUT2D eigenvalue weighted by Gasteiger charge is -2.42. The van der Waals surface area contributed by atoms with E-state index in [2.05, 4.69) is 38.1 Å².